The average molecular weight is 396 g/mol. The first-order chi connectivity index (χ1) is 13.5. The van der Waals surface area contributed by atoms with Crippen LogP contribution in [-0.4, -0.2) is 36.1 Å². The molecule has 0 bridgehead atoms. The number of thioether (sulfide) groups is 1. The van der Waals surface area contributed by atoms with Gasteiger partial charge in [-0.3, -0.25) is 14.5 Å². The largest absolute Gasteiger partial charge is 0.497 e. The van der Waals surface area contributed by atoms with E-state index in [1.165, 1.54) is 16.7 Å². The van der Waals surface area contributed by atoms with Crippen LogP contribution in [0, 0.1) is 13.8 Å². The molecule has 0 saturated heterocycles. The molecule has 0 aromatic heterocycles. The van der Waals surface area contributed by atoms with Gasteiger partial charge in [-0.15, -0.1) is 11.8 Å². The summed E-state index contributed by atoms with van der Waals surface area (Å²) in [6.45, 7) is 6.37. The van der Waals surface area contributed by atoms with Crippen LogP contribution in [-0.2, 0) is 16.0 Å². The third kappa shape index (κ3) is 3.99. The Hall–Kier alpha value is -2.53. The number of hydrogen-bond donors (Lipinski definition) is 0. The van der Waals surface area contributed by atoms with Gasteiger partial charge in [0.25, 0.3) is 11.8 Å². The Morgan fingerprint density at radius 1 is 1.00 bits per heavy atom. The van der Waals surface area contributed by atoms with Gasteiger partial charge in [0.1, 0.15) is 5.75 Å². The Morgan fingerprint density at radius 3 is 2.32 bits per heavy atom. The molecule has 2 amide bonds. The molecule has 28 heavy (non-hydrogen) atoms. The Balaban J connectivity index is 1.85. The van der Waals surface area contributed by atoms with Crippen molar-refractivity contribution >= 4 is 29.1 Å². The molecule has 0 radical (unpaired) electrons. The molecule has 0 saturated carbocycles. The number of aryl methyl sites for hydroxylation is 2. The maximum atomic E-state index is 13.2. The van der Waals surface area contributed by atoms with Gasteiger partial charge in [0.05, 0.1) is 17.6 Å². The highest BCUT2D eigenvalue weighted by Gasteiger charge is 2.39. The highest BCUT2D eigenvalue weighted by atomic mass is 32.2. The van der Waals surface area contributed by atoms with E-state index >= 15 is 0 Å². The number of nitrogens with zero attached hydrogens (tertiary/aromatic N) is 1. The van der Waals surface area contributed by atoms with E-state index in [-0.39, 0.29) is 11.8 Å². The fraction of sp³-hybridized carbons (Fsp3) is 0.304. The lowest BCUT2D eigenvalue weighted by Gasteiger charge is -2.15. The highest BCUT2D eigenvalue weighted by Crippen LogP contribution is 2.37. The normalized spacial score (nSPS) is 14.2. The van der Waals surface area contributed by atoms with Gasteiger partial charge in [0.2, 0.25) is 0 Å². The quantitative estimate of drug-likeness (QED) is 0.653. The monoisotopic (exact) mass is 395 g/mol. The minimum Gasteiger partial charge on any atom is -0.497 e. The summed E-state index contributed by atoms with van der Waals surface area (Å²) >= 11 is 1.45. The van der Waals surface area contributed by atoms with Crippen molar-refractivity contribution in [2.24, 2.45) is 0 Å². The van der Waals surface area contributed by atoms with Gasteiger partial charge in [-0.2, -0.15) is 0 Å². The second-order valence-electron chi connectivity index (χ2n) is 6.82. The Kier molecular flexibility index (Phi) is 6.25. The van der Waals surface area contributed by atoms with E-state index in [0.29, 0.717) is 23.4 Å². The van der Waals surface area contributed by atoms with Crippen molar-refractivity contribution in [2.45, 2.75) is 27.2 Å². The molecule has 2 aromatic carbocycles. The summed E-state index contributed by atoms with van der Waals surface area (Å²) in [6, 6.07) is 13.7. The molecule has 5 heteroatoms. The van der Waals surface area contributed by atoms with E-state index in [9.17, 15) is 9.59 Å². The zero-order chi connectivity index (χ0) is 20.3. The minimum atomic E-state index is -0.193. The lowest BCUT2D eigenvalue weighted by atomic mass is 9.99. The van der Waals surface area contributed by atoms with Crippen molar-refractivity contribution in [3.05, 3.63) is 69.6 Å². The molecule has 1 aliphatic heterocycles. The van der Waals surface area contributed by atoms with Crippen LogP contribution in [0.5, 0.6) is 5.75 Å². The first-order valence-corrected chi connectivity index (χ1v) is 10.4. The fourth-order valence-corrected chi connectivity index (χ4v) is 4.26. The van der Waals surface area contributed by atoms with Crippen LogP contribution in [0.3, 0.4) is 0 Å². The van der Waals surface area contributed by atoms with Gasteiger partial charge in [-0.05, 0) is 54.8 Å². The number of ether oxygens (including phenoxy) is 1. The molecule has 0 unspecified atom stereocenters. The summed E-state index contributed by atoms with van der Waals surface area (Å²) in [7, 11) is 1.63. The maximum Gasteiger partial charge on any atom is 0.267 e. The zero-order valence-corrected chi connectivity index (χ0v) is 17.6. The van der Waals surface area contributed by atoms with E-state index in [1.807, 2.05) is 63.2 Å². The van der Waals surface area contributed by atoms with Crippen molar-refractivity contribution in [3.8, 4) is 5.75 Å². The molecule has 1 aliphatic rings. The van der Waals surface area contributed by atoms with Crippen LogP contribution in [0.4, 0.5) is 0 Å². The average Bonchev–Trinajstić information content (AvgIpc) is 2.91. The number of imide groups is 1. The molecule has 1 heterocycles. The van der Waals surface area contributed by atoms with Crippen LogP contribution in [0.25, 0.3) is 5.57 Å². The van der Waals surface area contributed by atoms with Crippen LogP contribution >= 0.6 is 11.8 Å². The summed E-state index contributed by atoms with van der Waals surface area (Å²) in [5, 5.41) is 0. The van der Waals surface area contributed by atoms with E-state index in [2.05, 4.69) is 0 Å². The van der Waals surface area contributed by atoms with Gasteiger partial charge in [0, 0.05) is 6.54 Å². The standard InChI is InChI=1S/C23H25NO3S/c1-5-28-21-20(19-11-6-15(2)14-16(19)3)22(25)24(23(21)26)13-12-17-7-9-18(27-4)10-8-17/h6-11,14H,5,12-13H2,1-4H3. The zero-order valence-electron chi connectivity index (χ0n) is 16.7. The number of methoxy groups -OCH3 is 1. The Bertz CT molecular complexity index is 931. The van der Waals surface area contributed by atoms with Crippen LogP contribution in [0.1, 0.15) is 29.2 Å². The molecular weight excluding hydrogens is 370 g/mol. The molecule has 4 nitrogen and oxygen atoms in total. The smallest absolute Gasteiger partial charge is 0.267 e. The molecule has 0 fully saturated rings. The third-order valence-electron chi connectivity index (χ3n) is 4.85. The number of amides is 2. The highest BCUT2D eigenvalue weighted by molar-refractivity contribution is 8.04. The van der Waals surface area contributed by atoms with Crippen molar-refractivity contribution in [1.82, 2.24) is 4.90 Å². The molecule has 3 rings (SSSR count). The lowest BCUT2D eigenvalue weighted by Crippen LogP contribution is -2.33. The van der Waals surface area contributed by atoms with Crippen LogP contribution in [0.2, 0.25) is 0 Å². The molecule has 0 atom stereocenters. The number of rotatable bonds is 7. The Labute approximate surface area is 170 Å². The summed E-state index contributed by atoms with van der Waals surface area (Å²) < 4.78 is 5.18. The third-order valence-corrected chi connectivity index (χ3v) is 5.80. The number of hydrogen-bond acceptors (Lipinski definition) is 4. The molecule has 2 aromatic rings. The molecule has 0 aliphatic carbocycles. The van der Waals surface area contributed by atoms with Gasteiger partial charge in [-0.25, -0.2) is 0 Å². The number of carbonyl (C=O) groups excluding carboxylic acids is 2. The van der Waals surface area contributed by atoms with Gasteiger partial charge < -0.3 is 4.74 Å². The number of carbonyl (C=O) groups is 2. The van der Waals surface area contributed by atoms with E-state index in [4.69, 9.17) is 4.74 Å². The fourth-order valence-electron chi connectivity index (χ4n) is 3.40. The topological polar surface area (TPSA) is 46.6 Å². The van der Waals surface area contributed by atoms with Crippen molar-refractivity contribution in [2.75, 3.05) is 19.4 Å². The van der Waals surface area contributed by atoms with Crippen molar-refractivity contribution in [1.29, 1.82) is 0 Å². The van der Waals surface area contributed by atoms with Crippen LogP contribution < -0.4 is 4.74 Å². The SMILES string of the molecule is CCSC1=C(c2ccc(C)cc2C)C(=O)N(CCc2ccc(OC)cc2)C1=O. The molecular formula is C23H25NO3S. The lowest BCUT2D eigenvalue weighted by molar-refractivity contribution is -0.136. The van der Waals surface area contributed by atoms with E-state index in [1.54, 1.807) is 7.11 Å². The van der Waals surface area contributed by atoms with Gasteiger partial charge >= 0.3 is 0 Å². The van der Waals surface area contributed by atoms with Crippen LogP contribution in [0.15, 0.2) is 47.4 Å². The predicted molar refractivity (Wildman–Crippen MR) is 114 cm³/mol. The first kappa shape index (κ1) is 20.2. The van der Waals surface area contributed by atoms with E-state index < -0.39 is 0 Å². The molecule has 0 spiro atoms. The number of benzene rings is 2. The Morgan fingerprint density at radius 2 is 1.71 bits per heavy atom. The maximum absolute atomic E-state index is 13.2. The molecule has 0 N–H and O–H groups in total. The first-order valence-electron chi connectivity index (χ1n) is 9.40. The summed E-state index contributed by atoms with van der Waals surface area (Å²) in [5.74, 6) is 1.16. The van der Waals surface area contributed by atoms with Gasteiger partial charge in [-0.1, -0.05) is 42.8 Å². The van der Waals surface area contributed by atoms with Crippen molar-refractivity contribution in [3.63, 3.8) is 0 Å². The van der Waals surface area contributed by atoms with Gasteiger partial charge in [0.15, 0.2) is 0 Å². The summed E-state index contributed by atoms with van der Waals surface area (Å²) in [6.07, 6.45) is 0.617. The van der Waals surface area contributed by atoms with E-state index in [0.717, 1.165) is 33.8 Å². The van der Waals surface area contributed by atoms with Crippen molar-refractivity contribution < 1.29 is 14.3 Å². The second-order valence-corrected chi connectivity index (χ2v) is 8.09. The second kappa shape index (κ2) is 8.65. The molecule has 146 valence electrons. The predicted octanol–water partition coefficient (Wildman–Crippen LogP) is 4.39. The minimum absolute atomic E-state index is 0.180. The summed E-state index contributed by atoms with van der Waals surface area (Å²) in [4.78, 5) is 28.1. The summed E-state index contributed by atoms with van der Waals surface area (Å²) in [5.41, 5.74) is 4.61.